The van der Waals surface area contributed by atoms with Crippen LogP contribution < -0.4 is 9.64 Å². The number of Topliss-reactive ketones (excluding diaryl/α,β-unsaturated/α-hetero) is 1. The van der Waals surface area contributed by atoms with Crippen LogP contribution >= 0.6 is 0 Å². The molecule has 164 valence electrons. The zero-order chi connectivity index (χ0) is 23.1. The van der Waals surface area contributed by atoms with E-state index in [2.05, 4.69) is 0 Å². The molecule has 2 aromatic rings. The average molecular weight is 433 g/mol. The number of nitrogens with zero attached hydrogens (tertiary/aromatic N) is 1. The lowest BCUT2D eigenvalue weighted by Crippen LogP contribution is -2.33. The summed E-state index contributed by atoms with van der Waals surface area (Å²) in [4.78, 5) is 27.2. The molecule has 0 fully saturated rings. The Kier molecular flexibility index (Phi) is 5.60. The van der Waals surface area contributed by atoms with Crippen LogP contribution in [0.25, 0.3) is 0 Å². The smallest absolute Gasteiger partial charge is 0.416 e. The summed E-state index contributed by atoms with van der Waals surface area (Å²) in [6, 6.07) is 9.60. The number of carbonyl (C=O) groups excluding carboxylic acids is 2. The number of ketones is 1. The third-order valence-corrected chi connectivity index (χ3v) is 5.02. The molecule has 1 N–H and O–H groups in total. The molecule has 2 aromatic carbocycles. The Labute approximate surface area is 177 Å². The van der Waals surface area contributed by atoms with E-state index in [0.29, 0.717) is 11.3 Å². The Hall–Kier alpha value is -3.29. The first-order chi connectivity index (χ1) is 14.4. The van der Waals surface area contributed by atoms with Gasteiger partial charge < -0.3 is 9.84 Å². The van der Waals surface area contributed by atoms with Crippen LogP contribution in [0.15, 0.2) is 59.9 Å². The van der Waals surface area contributed by atoms with Crippen molar-refractivity contribution in [1.82, 2.24) is 0 Å². The first-order valence-corrected chi connectivity index (χ1v) is 9.49. The van der Waals surface area contributed by atoms with Gasteiger partial charge in [0.1, 0.15) is 5.75 Å². The van der Waals surface area contributed by atoms with Gasteiger partial charge in [-0.2, -0.15) is 13.2 Å². The van der Waals surface area contributed by atoms with E-state index in [4.69, 9.17) is 4.74 Å². The van der Waals surface area contributed by atoms with Crippen LogP contribution in [0.3, 0.4) is 0 Å². The highest BCUT2D eigenvalue weighted by molar-refractivity contribution is 6.17. The number of aliphatic hydroxyl groups is 1. The van der Waals surface area contributed by atoms with Gasteiger partial charge in [0.2, 0.25) is 0 Å². The van der Waals surface area contributed by atoms with Crippen LogP contribution in [0, 0.1) is 5.41 Å². The summed E-state index contributed by atoms with van der Waals surface area (Å²) in [6.45, 7) is 4.89. The van der Waals surface area contributed by atoms with Crippen molar-refractivity contribution >= 4 is 17.4 Å². The number of para-hydroxylation sites is 1. The van der Waals surface area contributed by atoms with Crippen LogP contribution in [-0.2, 0) is 15.8 Å². The highest BCUT2D eigenvalue weighted by atomic mass is 19.4. The number of benzene rings is 2. The number of amides is 1. The van der Waals surface area contributed by atoms with Gasteiger partial charge >= 0.3 is 6.18 Å². The van der Waals surface area contributed by atoms with Crippen molar-refractivity contribution in [2.45, 2.75) is 33.0 Å². The summed E-state index contributed by atoms with van der Waals surface area (Å²) >= 11 is 0. The molecule has 0 saturated heterocycles. The molecule has 0 radical (unpaired) electrons. The lowest BCUT2D eigenvalue weighted by Gasteiger charge is -2.30. The minimum atomic E-state index is -4.63. The summed E-state index contributed by atoms with van der Waals surface area (Å²) < 4.78 is 45.2. The number of rotatable bonds is 4. The molecule has 31 heavy (non-hydrogen) atoms. The normalized spacial score (nSPS) is 17.3. The van der Waals surface area contributed by atoms with E-state index in [1.54, 1.807) is 45.0 Å². The summed E-state index contributed by atoms with van der Waals surface area (Å²) in [6.07, 6.45) is -4.63. The fraction of sp³-hybridized carbons (Fsp3) is 0.304. The fourth-order valence-electron chi connectivity index (χ4n) is 3.53. The van der Waals surface area contributed by atoms with Gasteiger partial charge in [0.25, 0.3) is 5.91 Å². The maximum absolute atomic E-state index is 13.3. The van der Waals surface area contributed by atoms with Crippen molar-refractivity contribution in [3.8, 4) is 5.75 Å². The molecule has 1 amide bonds. The van der Waals surface area contributed by atoms with E-state index < -0.39 is 40.6 Å². The molecule has 0 spiro atoms. The van der Waals surface area contributed by atoms with E-state index in [1.807, 2.05) is 0 Å². The summed E-state index contributed by atoms with van der Waals surface area (Å²) in [5.41, 5.74) is -1.81. The quantitative estimate of drug-likeness (QED) is 0.717. The molecular formula is C23H22F3NO4. The van der Waals surface area contributed by atoms with Gasteiger partial charge in [-0.05, 0) is 24.3 Å². The largest absolute Gasteiger partial charge is 0.503 e. The number of hydrogen-bond acceptors (Lipinski definition) is 4. The van der Waals surface area contributed by atoms with E-state index in [0.717, 1.165) is 17.0 Å². The van der Waals surface area contributed by atoms with Crippen LogP contribution in [0.4, 0.5) is 18.9 Å². The molecular weight excluding hydrogens is 411 g/mol. The maximum Gasteiger partial charge on any atom is 0.416 e. The Morgan fingerprint density at radius 1 is 1.06 bits per heavy atom. The summed E-state index contributed by atoms with van der Waals surface area (Å²) in [5.74, 6) is -1.91. The van der Waals surface area contributed by atoms with Crippen LogP contribution in [-0.4, -0.2) is 23.9 Å². The van der Waals surface area contributed by atoms with Crippen molar-refractivity contribution in [2.24, 2.45) is 5.41 Å². The predicted molar refractivity (Wildman–Crippen MR) is 109 cm³/mol. The van der Waals surface area contributed by atoms with Gasteiger partial charge in [0, 0.05) is 16.7 Å². The number of aliphatic hydroxyl groups excluding tert-OH is 1. The molecule has 0 saturated carbocycles. The zero-order valence-electron chi connectivity index (χ0n) is 17.4. The Morgan fingerprint density at radius 2 is 1.71 bits per heavy atom. The number of alkyl halides is 3. The van der Waals surface area contributed by atoms with E-state index in [9.17, 15) is 27.9 Å². The molecule has 0 aliphatic carbocycles. The molecule has 5 nitrogen and oxygen atoms in total. The average Bonchev–Trinajstić information content (AvgIpc) is 2.96. The first-order valence-electron chi connectivity index (χ1n) is 9.49. The van der Waals surface area contributed by atoms with Gasteiger partial charge in [0.05, 0.1) is 24.3 Å². The molecule has 1 aliphatic rings. The van der Waals surface area contributed by atoms with Crippen molar-refractivity contribution in [1.29, 1.82) is 0 Å². The monoisotopic (exact) mass is 433 g/mol. The van der Waals surface area contributed by atoms with Gasteiger partial charge in [-0.1, -0.05) is 45.0 Å². The third kappa shape index (κ3) is 4.02. The highest BCUT2D eigenvalue weighted by Crippen LogP contribution is 2.46. The predicted octanol–water partition coefficient (Wildman–Crippen LogP) is 5.23. The number of carbonyl (C=O) groups is 2. The molecule has 8 heteroatoms. The van der Waals surface area contributed by atoms with E-state index >= 15 is 0 Å². The number of hydrogen-bond donors (Lipinski definition) is 1. The summed E-state index contributed by atoms with van der Waals surface area (Å²) in [7, 11) is 1.40. The van der Waals surface area contributed by atoms with Crippen LogP contribution in [0.5, 0.6) is 5.75 Å². The van der Waals surface area contributed by atoms with Crippen LogP contribution in [0.1, 0.15) is 37.9 Å². The minimum Gasteiger partial charge on any atom is -0.503 e. The molecule has 1 unspecified atom stereocenters. The van der Waals surface area contributed by atoms with Gasteiger partial charge in [-0.3, -0.25) is 14.5 Å². The van der Waals surface area contributed by atoms with Gasteiger partial charge in [-0.15, -0.1) is 0 Å². The zero-order valence-corrected chi connectivity index (χ0v) is 17.4. The van der Waals surface area contributed by atoms with Gasteiger partial charge in [-0.25, -0.2) is 0 Å². The Balaban J connectivity index is 2.27. The number of ether oxygens (including phenoxy) is 1. The third-order valence-electron chi connectivity index (χ3n) is 5.02. The number of anilines is 1. The van der Waals surface area contributed by atoms with Crippen molar-refractivity contribution in [3.63, 3.8) is 0 Å². The van der Waals surface area contributed by atoms with Gasteiger partial charge in [0.15, 0.2) is 11.5 Å². The lowest BCUT2D eigenvalue weighted by molar-refractivity contribution is -0.137. The SMILES string of the molecule is COc1ccccc1C1C(C(=O)C(C)(C)C)=C(O)C(=O)N1c1cccc(C(F)(F)F)c1. The second kappa shape index (κ2) is 7.76. The molecule has 0 bridgehead atoms. The van der Waals surface area contributed by atoms with E-state index in [1.165, 1.54) is 19.2 Å². The van der Waals surface area contributed by atoms with E-state index in [-0.39, 0.29) is 11.3 Å². The molecule has 0 aromatic heterocycles. The summed E-state index contributed by atoms with van der Waals surface area (Å²) in [5, 5.41) is 10.7. The topological polar surface area (TPSA) is 66.8 Å². The highest BCUT2D eigenvalue weighted by Gasteiger charge is 2.48. The number of halogens is 3. The second-order valence-electron chi connectivity index (χ2n) is 8.21. The molecule has 3 rings (SSSR count). The van der Waals surface area contributed by atoms with Crippen LogP contribution in [0.2, 0.25) is 0 Å². The molecule has 1 heterocycles. The standard InChI is InChI=1S/C23H22F3NO4/c1-22(2,3)20(29)17-18(15-10-5-6-11-16(15)31-4)27(21(30)19(17)28)14-9-7-8-13(12-14)23(24,25)26/h5-12,18,28H,1-4H3. The fourth-order valence-corrected chi connectivity index (χ4v) is 3.53. The maximum atomic E-state index is 13.3. The van der Waals surface area contributed by atoms with Crippen molar-refractivity contribution in [3.05, 3.63) is 71.0 Å². The molecule has 1 aliphatic heterocycles. The van der Waals surface area contributed by atoms with Crippen molar-refractivity contribution in [2.75, 3.05) is 12.0 Å². The Morgan fingerprint density at radius 3 is 2.29 bits per heavy atom. The number of methoxy groups -OCH3 is 1. The lowest BCUT2D eigenvalue weighted by atomic mass is 9.82. The Bertz CT molecular complexity index is 1070. The van der Waals surface area contributed by atoms with Crippen molar-refractivity contribution < 1.29 is 32.6 Å². The second-order valence-corrected chi connectivity index (χ2v) is 8.21. The minimum absolute atomic E-state index is 0.0982. The first kappa shape index (κ1) is 22.4. The molecule has 1 atom stereocenters.